The predicted molar refractivity (Wildman–Crippen MR) is 71.8 cm³/mol. The predicted octanol–water partition coefficient (Wildman–Crippen LogP) is 2.01. The highest BCUT2D eigenvalue weighted by Gasteiger charge is 2.24. The summed E-state index contributed by atoms with van der Waals surface area (Å²) in [6.07, 6.45) is 0.215. The molecule has 0 saturated heterocycles. The molecule has 0 aliphatic carbocycles. The Morgan fingerprint density at radius 1 is 1.22 bits per heavy atom. The highest BCUT2D eigenvalue weighted by molar-refractivity contribution is 9.10. The van der Waals surface area contributed by atoms with Crippen LogP contribution in [0.4, 0.5) is 0 Å². The van der Waals surface area contributed by atoms with E-state index in [0.29, 0.717) is 27.3 Å². The number of Topliss-reactive ketones (excluding diaryl/α,β-unsaturated/α-hetero) is 1. The van der Waals surface area contributed by atoms with Gasteiger partial charge in [-0.15, -0.1) is 0 Å². The second kappa shape index (κ2) is 6.61. The summed E-state index contributed by atoms with van der Waals surface area (Å²) >= 11 is 3.34. The molecular weight excluding hydrogens is 302 g/mol. The molecule has 0 aliphatic heterocycles. The number of rotatable bonds is 6. The van der Waals surface area contributed by atoms with Gasteiger partial charge < -0.3 is 19.9 Å². The van der Waals surface area contributed by atoms with E-state index >= 15 is 0 Å². The molecule has 0 atom stereocenters. The van der Waals surface area contributed by atoms with Crippen molar-refractivity contribution < 1.29 is 19.0 Å². The molecular formula is C12H16BrNO4. The Kier molecular flexibility index (Phi) is 5.43. The molecule has 1 rings (SSSR count). The number of benzene rings is 1. The molecule has 18 heavy (non-hydrogen) atoms. The minimum atomic E-state index is -0.147. The molecule has 1 aromatic carbocycles. The average Bonchev–Trinajstić information content (AvgIpc) is 2.37. The molecule has 0 unspecified atom stereocenters. The third-order valence-corrected chi connectivity index (χ3v) is 3.02. The van der Waals surface area contributed by atoms with E-state index in [0.717, 1.165) is 0 Å². The summed E-state index contributed by atoms with van der Waals surface area (Å²) in [7, 11) is 4.48. The lowest BCUT2D eigenvalue weighted by Gasteiger charge is -2.16. The van der Waals surface area contributed by atoms with Gasteiger partial charge in [-0.1, -0.05) is 0 Å². The van der Waals surface area contributed by atoms with Gasteiger partial charge in [-0.3, -0.25) is 4.79 Å². The normalized spacial score (nSPS) is 10.1. The number of hydrogen-bond donors (Lipinski definition) is 1. The molecule has 6 heteroatoms. The summed E-state index contributed by atoms with van der Waals surface area (Å²) in [5.74, 6) is 1.10. The molecule has 5 nitrogen and oxygen atoms in total. The van der Waals surface area contributed by atoms with E-state index in [4.69, 9.17) is 19.9 Å². The fourth-order valence-electron chi connectivity index (χ4n) is 1.66. The molecule has 0 spiro atoms. The van der Waals surface area contributed by atoms with Crippen LogP contribution in [0.1, 0.15) is 16.8 Å². The second-order valence-electron chi connectivity index (χ2n) is 3.46. The van der Waals surface area contributed by atoms with Crippen molar-refractivity contribution in [3.05, 3.63) is 16.1 Å². The van der Waals surface area contributed by atoms with Crippen molar-refractivity contribution in [3.63, 3.8) is 0 Å². The van der Waals surface area contributed by atoms with Crippen LogP contribution in [0.5, 0.6) is 17.2 Å². The van der Waals surface area contributed by atoms with Gasteiger partial charge in [0.1, 0.15) is 11.3 Å². The Bertz CT molecular complexity index is 448. The maximum absolute atomic E-state index is 12.1. The van der Waals surface area contributed by atoms with Gasteiger partial charge in [0, 0.05) is 12.5 Å². The molecule has 0 radical (unpaired) electrons. The Morgan fingerprint density at radius 3 is 2.28 bits per heavy atom. The van der Waals surface area contributed by atoms with Gasteiger partial charge in [-0.25, -0.2) is 0 Å². The van der Waals surface area contributed by atoms with Crippen LogP contribution in [0, 0.1) is 0 Å². The molecule has 0 heterocycles. The molecule has 2 N–H and O–H groups in total. The number of carbonyl (C=O) groups excluding carboxylic acids is 1. The van der Waals surface area contributed by atoms with Crippen molar-refractivity contribution in [2.45, 2.75) is 6.42 Å². The zero-order valence-electron chi connectivity index (χ0n) is 10.6. The van der Waals surface area contributed by atoms with Gasteiger partial charge >= 0.3 is 0 Å². The lowest BCUT2D eigenvalue weighted by molar-refractivity contribution is 0.0978. The third kappa shape index (κ3) is 2.76. The van der Waals surface area contributed by atoms with Crippen molar-refractivity contribution in [2.24, 2.45) is 5.73 Å². The average molecular weight is 318 g/mol. The zero-order valence-corrected chi connectivity index (χ0v) is 12.2. The van der Waals surface area contributed by atoms with E-state index < -0.39 is 0 Å². The maximum atomic E-state index is 12.1. The fourth-order valence-corrected chi connectivity index (χ4v) is 2.22. The minimum absolute atomic E-state index is 0.147. The van der Waals surface area contributed by atoms with Crippen LogP contribution in [0.15, 0.2) is 10.5 Å². The maximum Gasteiger partial charge on any atom is 0.175 e. The summed E-state index contributed by atoms with van der Waals surface area (Å²) < 4.78 is 16.3. The first-order chi connectivity index (χ1) is 8.60. The van der Waals surface area contributed by atoms with Gasteiger partial charge in [0.2, 0.25) is 0 Å². The van der Waals surface area contributed by atoms with E-state index in [1.165, 1.54) is 21.3 Å². The second-order valence-corrected chi connectivity index (χ2v) is 4.32. The van der Waals surface area contributed by atoms with Crippen molar-refractivity contribution >= 4 is 21.7 Å². The van der Waals surface area contributed by atoms with Gasteiger partial charge in [0.25, 0.3) is 0 Å². The molecule has 0 bridgehead atoms. The van der Waals surface area contributed by atoms with E-state index in [-0.39, 0.29) is 18.7 Å². The smallest absolute Gasteiger partial charge is 0.175 e. The molecule has 100 valence electrons. The monoisotopic (exact) mass is 317 g/mol. The SMILES string of the molecule is COc1cc(Br)c(OC)c(C(=O)CCN)c1OC. The summed E-state index contributed by atoms with van der Waals surface area (Å²) in [5, 5.41) is 0. The van der Waals surface area contributed by atoms with E-state index in [1.54, 1.807) is 6.07 Å². The Hall–Kier alpha value is -1.27. The summed E-state index contributed by atoms with van der Waals surface area (Å²) in [5.41, 5.74) is 5.76. The quantitative estimate of drug-likeness (QED) is 0.813. The number of ether oxygens (including phenoxy) is 3. The van der Waals surface area contributed by atoms with Gasteiger partial charge in [0.05, 0.1) is 25.8 Å². The van der Waals surface area contributed by atoms with Crippen molar-refractivity contribution in [1.82, 2.24) is 0 Å². The highest BCUT2D eigenvalue weighted by Crippen LogP contribution is 2.43. The Labute approximate surface area is 114 Å². The first-order valence-electron chi connectivity index (χ1n) is 5.32. The largest absolute Gasteiger partial charge is 0.495 e. The minimum Gasteiger partial charge on any atom is -0.495 e. The number of ketones is 1. The Morgan fingerprint density at radius 2 is 1.83 bits per heavy atom. The van der Waals surface area contributed by atoms with Gasteiger partial charge in [-0.05, 0) is 22.5 Å². The molecule has 1 aromatic rings. The standard InChI is InChI=1S/C12H16BrNO4/c1-16-9-6-7(13)11(17-2)10(12(9)18-3)8(15)4-5-14/h6H,4-5,14H2,1-3H3. The van der Waals surface area contributed by atoms with Crippen molar-refractivity contribution in [1.29, 1.82) is 0 Å². The Balaban J connectivity index is 3.50. The zero-order chi connectivity index (χ0) is 13.7. The lowest BCUT2D eigenvalue weighted by Crippen LogP contribution is -2.11. The first-order valence-corrected chi connectivity index (χ1v) is 6.11. The summed E-state index contributed by atoms with van der Waals surface area (Å²) in [4.78, 5) is 12.1. The van der Waals surface area contributed by atoms with Crippen LogP contribution in [0.3, 0.4) is 0 Å². The number of halogens is 1. The van der Waals surface area contributed by atoms with Crippen molar-refractivity contribution in [3.8, 4) is 17.2 Å². The highest BCUT2D eigenvalue weighted by atomic mass is 79.9. The summed E-state index contributed by atoms with van der Waals surface area (Å²) in [6, 6.07) is 1.69. The third-order valence-electron chi connectivity index (χ3n) is 2.43. The lowest BCUT2D eigenvalue weighted by atomic mass is 10.0. The molecule has 0 amide bonds. The van der Waals surface area contributed by atoms with Crippen LogP contribution in [0.2, 0.25) is 0 Å². The fraction of sp³-hybridized carbons (Fsp3) is 0.417. The van der Waals surface area contributed by atoms with Crippen LogP contribution >= 0.6 is 15.9 Å². The number of methoxy groups -OCH3 is 3. The van der Waals surface area contributed by atoms with E-state index in [2.05, 4.69) is 15.9 Å². The molecule has 0 aromatic heterocycles. The molecule has 0 fully saturated rings. The molecule has 0 aliphatic rings. The number of nitrogens with two attached hydrogens (primary N) is 1. The number of carbonyl (C=O) groups is 1. The van der Waals surface area contributed by atoms with Crippen LogP contribution in [-0.4, -0.2) is 33.7 Å². The van der Waals surface area contributed by atoms with Gasteiger partial charge in [0.15, 0.2) is 17.3 Å². The first kappa shape index (κ1) is 14.8. The van der Waals surface area contributed by atoms with Crippen molar-refractivity contribution in [2.75, 3.05) is 27.9 Å². The van der Waals surface area contributed by atoms with Crippen LogP contribution in [0.25, 0.3) is 0 Å². The molecule has 0 saturated carbocycles. The van der Waals surface area contributed by atoms with E-state index in [9.17, 15) is 4.79 Å². The van der Waals surface area contributed by atoms with Crippen LogP contribution < -0.4 is 19.9 Å². The van der Waals surface area contributed by atoms with Crippen LogP contribution in [-0.2, 0) is 0 Å². The number of hydrogen-bond acceptors (Lipinski definition) is 5. The van der Waals surface area contributed by atoms with Gasteiger partial charge in [-0.2, -0.15) is 0 Å². The van der Waals surface area contributed by atoms with E-state index in [1.807, 2.05) is 0 Å². The topological polar surface area (TPSA) is 70.8 Å². The summed E-state index contributed by atoms with van der Waals surface area (Å²) in [6.45, 7) is 0.264.